The van der Waals surface area contributed by atoms with Gasteiger partial charge in [0.2, 0.25) is 5.71 Å². The smallest absolute Gasteiger partial charge is 0.231 e. The van der Waals surface area contributed by atoms with Crippen LogP contribution in [0.2, 0.25) is 0 Å². The minimum atomic E-state index is -0.180. The Morgan fingerprint density at radius 3 is 1.32 bits per heavy atom. The van der Waals surface area contributed by atoms with Gasteiger partial charge in [-0.1, -0.05) is 363 Å². The maximum absolute atomic E-state index is 6.82. The van der Waals surface area contributed by atoms with Crippen LogP contribution in [0.25, 0.3) is 220 Å². The van der Waals surface area contributed by atoms with Crippen molar-refractivity contribution < 1.29 is 8.83 Å². The Bertz CT molecular complexity index is 8370. The van der Waals surface area contributed by atoms with Gasteiger partial charge in [-0.05, 0) is 140 Å². The molecular formula is C113H76N6O2S. The Kier molecular flexibility index (Phi) is 15.8. The van der Waals surface area contributed by atoms with Crippen LogP contribution in [-0.4, -0.2) is 29.9 Å². The lowest BCUT2D eigenvalue weighted by Gasteiger charge is -2.21. The van der Waals surface area contributed by atoms with E-state index in [9.17, 15) is 0 Å². The molecule has 0 bridgehead atoms. The topological polar surface area (TPSA) is 104 Å². The van der Waals surface area contributed by atoms with Gasteiger partial charge in [0.05, 0.1) is 27.0 Å². The van der Waals surface area contributed by atoms with Crippen LogP contribution in [0, 0.1) is 0 Å². The summed E-state index contributed by atoms with van der Waals surface area (Å²) in [6.45, 7) is 13.9. The third kappa shape index (κ3) is 10.8. The molecule has 0 aliphatic heterocycles. The second-order valence-electron chi connectivity index (χ2n) is 34.2. The molecule has 0 saturated heterocycles. The molecule has 6 heterocycles. The van der Waals surface area contributed by atoms with Crippen molar-refractivity contribution in [1.82, 2.24) is 29.9 Å². The van der Waals surface area contributed by atoms with Crippen LogP contribution < -0.4 is 0 Å². The average molecular weight is 1580 g/mol. The van der Waals surface area contributed by atoms with Gasteiger partial charge in [0.15, 0.2) is 23.1 Å². The summed E-state index contributed by atoms with van der Waals surface area (Å²) < 4.78 is 16.1. The van der Waals surface area contributed by atoms with Gasteiger partial charge < -0.3 is 8.83 Å². The molecule has 0 saturated carbocycles. The summed E-state index contributed by atoms with van der Waals surface area (Å²) in [5, 5.41) is 16.2. The molecule has 0 atom stereocenters. The SMILES string of the molecule is CC1(C)c2ccccc2-c2c1ccc1c2oc2nc(-c3cc4ccccc4c4ccccc34)nc(-c3ccccc3)c21.CC1(C)c2ccccc2-c2ccc3c(oc4c(-c5ccccc5)nc(-c5ccc6ccccc6c5)nc43)c21.CC1(C)c2ccccc2-c2ccc3c(sc4c(-c5ccccc5)nc(-c5cc6ccccc6c6ccccc56)nc43)c21. The van der Waals surface area contributed by atoms with E-state index in [4.69, 9.17) is 38.7 Å². The summed E-state index contributed by atoms with van der Waals surface area (Å²) in [4.78, 5) is 31.5. The first-order valence-corrected chi connectivity index (χ1v) is 42.7. The van der Waals surface area contributed by atoms with E-state index in [0.717, 1.165) is 116 Å². The Labute approximate surface area is 707 Å². The molecule has 0 fully saturated rings. The largest absolute Gasteiger partial charge is 0.452 e. The first-order valence-electron chi connectivity index (χ1n) is 41.9. The molecule has 23 aromatic rings. The highest BCUT2D eigenvalue weighted by Gasteiger charge is 2.42. The zero-order valence-electron chi connectivity index (χ0n) is 67.9. The third-order valence-corrected chi connectivity index (χ3v) is 27.4. The van der Waals surface area contributed by atoms with Gasteiger partial charge in [-0.3, -0.25) is 0 Å². The fraction of sp³-hybridized carbons (Fsp3) is 0.0796. The molecule has 6 aromatic heterocycles. The van der Waals surface area contributed by atoms with Crippen LogP contribution in [-0.2, 0) is 16.2 Å². The number of rotatable bonds is 6. The quantitative estimate of drug-likeness (QED) is 0.152. The van der Waals surface area contributed by atoms with Crippen LogP contribution in [0.3, 0.4) is 0 Å². The minimum Gasteiger partial charge on any atom is -0.452 e. The van der Waals surface area contributed by atoms with Crippen molar-refractivity contribution >= 4 is 130 Å². The Hall–Kier alpha value is -14.9. The molecule has 0 N–H and O–H groups in total. The van der Waals surface area contributed by atoms with Crippen molar-refractivity contribution in [3.63, 3.8) is 0 Å². The molecule has 17 aromatic carbocycles. The van der Waals surface area contributed by atoms with Crippen LogP contribution >= 0.6 is 11.3 Å². The van der Waals surface area contributed by atoms with Crippen molar-refractivity contribution in [2.75, 3.05) is 0 Å². The van der Waals surface area contributed by atoms with Gasteiger partial charge in [0.25, 0.3) is 0 Å². The molecule has 122 heavy (non-hydrogen) atoms. The molecule has 0 amide bonds. The molecule has 576 valence electrons. The normalized spacial score (nSPS) is 13.7. The van der Waals surface area contributed by atoms with Gasteiger partial charge in [-0.2, -0.15) is 4.98 Å². The standard InChI is InChI=1S/C39H26N2O.C39H26N2S.C35H24N2O/c1-39(2)31-19-11-10-18-28(31)33-32(39)21-20-29-34-35(23-12-4-3-5-13-23)40-37(41-38(34)42-36(29)33)30-22-24-14-6-7-15-25(24)26-16-8-9-17-27(26)30;1-39(2)32-19-11-10-18-28(32)29-20-21-30-35-37(42-36(30)33(29)39)34(23-12-4-3-5-13-23)40-38(41-35)31-22-24-14-6-7-15-25(24)26-16-8-9-17-27(26)31;1-35(2)28-15-9-8-14-25(28)26-18-19-27-31-33(38-32(27)29(26)35)30(22-11-4-3-5-12-22)36-34(37-31)24-17-16-21-10-6-7-13-23(21)20-24/h2*3-22H,1-2H3;3-20H,1-2H3. The number of aromatic nitrogens is 6. The number of benzene rings is 17. The van der Waals surface area contributed by atoms with Gasteiger partial charge >= 0.3 is 0 Å². The summed E-state index contributed by atoms with van der Waals surface area (Å²) in [6, 6.07) is 125. The maximum atomic E-state index is 6.82. The van der Waals surface area contributed by atoms with Crippen LogP contribution in [0.15, 0.2) is 361 Å². The fourth-order valence-corrected chi connectivity index (χ4v) is 21.8. The van der Waals surface area contributed by atoms with E-state index in [1.807, 2.05) is 35.6 Å². The Morgan fingerprint density at radius 2 is 0.697 bits per heavy atom. The van der Waals surface area contributed by atoms with Gasteiger partial charge in [-0.15, -0.1) is 11.3 Å². The first-order chi connectivity index (χ1) is 59.8. The molecule has 3 aliphatic carbocycles. The highest BCUT2D eigenvalue weighted by atomic mass is 32.1. The van der Waals surface area contributed by atoms with E-state index in [1.165, 1.54) is 120 Å². The molecule has 0 spiro atoms. The molecule has 0 unspecified atom stereocenters. The molecule has 0 radical (unpaired) electrons. The maximum Gasteiger partial charge on any atom is 0.231 e. The fourth-order valence-electron chi connectivity index (χ4n) is 20.4. The lowest BCUT2D eigenvalue weighted by molar-refractivity contribution is 0.619. The number of nitrogens with zero attached hydrogens (tertiary/aromatic N) is 6. The number of thiophene rings is 1. The Balaban J connectivity index is 0.000000104. The average Bonchev–Trinajstić information content (AvgIpc) is 1.55. The monoisotopic (exact) mass is 1580 g/mol. The predicted octanol–water partition coefficient (Wildman–Crippen LogP) is 30.3. The summed E-state index contributed by atoms with van der Waals surface area (Å²) in [5.41, 5.74) is 29.1. The summed E-state index contributed by atoms with van der Waals surface area (Å²) in [7, 11) is 0. The van der Waals surface area contributed by atoms with Crippen molar-refractivity contribution in [2.24, 2.45) is 0 Å². The van der Waals surface area contributed by atoms with Crippen molar-refractivity contribution in [3.05, 3.63) is 385 Å². The van der Waals surface area contributed by atoms with E-state index in [-0.39, 0.29) is 16.2 Å². The molecular weight excluding hydrogens is 1510 g/mol. The van der Waals surface area contributed by atoms with E-state index in [2.05, 4.69) is 369 Å². The number of hydrogen-bond donors (Lipinski definition) is 0. The van der Waals surface area contributed by atoms with Crippen molar-refractivity contribution in [1.29, 1.82) is 0 Å². The van der Waals surface area contributed by atoms with E-state index >= 15 is 0 Å². The second-order valence-corrected chi connectivity index (χ2v) is 35.2. The molecule has 9 heteroatoms. The zero-order chi connectivity index (χ0) is 81.4. The summed E-state index contributed by atoms with van der Waals surface area (Å²) in [6.07, 6.45) is 0. The number of furan rings is 2. The first kappa shape index (κ1) is 71.2. The number of hydrogen-bond acceptors (Lipinski definition) is 9. The van der Waals surface area contributed by atoms with E-state index < -0.39 is 0 Å². The summed E-state index contributed by atoms with van der Waals surface area (Å²) >= 11 is 1.85. The Morgan fingerprint density at radius 1 is 0.238 bits per heavy atom. The van der Waals surface area contributed by atoms with Crippen LogP contribution in [0.4, 0.5) is 0 Å². The minimum absolute atomic E-state index is 0.0932. The third-order valence-electron chi connectivity index (χ3n) is 26.2. The van der Waals surface area contributed by atoms with Gasteiger partial charge in [-0.25, -0.2) is 24.9 Å². The number of fused-ring (bicyclic) bond motifs is 28. The predicted molar refractivity (Wildman–Crippen MR) is 506 cm³/mol. The zero-order valence-corrected chi connectivity index (χ0v) is 68.7. The highest BCUT2D eigenvalue weighted by Crippen LogP contribution is 2.58. The van der Waals surface area contributed by atoms with E-state index in [0.29, 0.717) is 17.4 Å². The second kappa shape index (κ2) is 27.1. The van der Waals surface area contributed by atoms with Gasteiger partial charge in [0, 0.05) is 81.6 Å². The summed E-state index contributed by atoms with van der Waals surface area (Å²) in [5.74, 6) is 2.14. The molecule has 8 nitrogen and oxygen atoms in total. The lowest BCUT2D eigenvalue weighted by Crippen LogP contribution is -2.15. The van der Waals surface area contributed by atoms with Gasteiger partial charge in [0.1, 0.15) is 22.4 Å². The molecule has 26 rings (SSSR count). The highest BCUT2D eigenvalue weighted by molar-refractivity contribution is 7.26. The van der Waals surface area contributed by atoms with Crippen molar-refractivity contribution in [3.8, 4) is 101 Å². The van der Waals surface area contributed by atoms with E-state index in [1.54, 1.807) is 0 Å². The van der Waals surface area contributed by atoms with Crippen molar-refractivity contribution in [2.45, 2.75) is 57.8 Å². The molecule has 3 aliphatic rings. The van der Waals surface area contributed by atoms with Crippen LogP contribution in [0.1, 0.15) is 74.9 Å². The van der Waals surface area contributed by atoms with Crippen LogP contribution in [0.5, 0.6) is 0 Å². The lowest BCUT2D eigenvalue weighted by atomic mass is 9.82.